The second-order valence-corrected chi connectivity index (χ2v) is 5.48. The number of likely N-dealkylation sites (tertiary alicyclic amines) is 1. The van der Waals surface area contributed by atoms with E-state index < -0.39 is 0 Å². The molecule has 1 rings (SSSR count). The van der Waals surface area contributed by atoms with E-state index in [1.54, 1.807) is 6.92 Å². The Morgan fingerprint density at radius 2 is 2.06 bits per heavy atom. The van der Waals surface area contributed by atoms with E-state index in [-0.39, 0.29) is 23.7 Å². The van der Waals surface area contributed by atoms with Crippen LogP contribution in [0.3, 0.4) is 0 Å². The first-order chi connectivity index (χ1) is 8.60. The lowest BCUT2D eigenvalue weighted by molar-refractivity contribution is -0.137. The largest absolute Gasteiger partial charge is 0.339 e. The monoisotopic (exact) mass is 253 g/mol. The summed E-state index contributed by atoms with van der Waals surface area (Å²) in [6.07, 6.45) is 6.76. The number of hydrogen-bond acceptors (Lipinski definition) is 2. The van der Waals surface area contributed by atoms with Crippen molar-refractivity contribution in [3.8, 4) is 0 Å². The second kappa shape index (κ2) is 7.55. The molecule has 0 aliphatic carbocycles. The SMILES string of the molecule is CCCCC(CC)C(=O)N1CCCC1CC(C)=O. The van der Waals surface area contributed by atoms with Crippen LogP contribution in [0.5, 0.6) is 0 Å². The highest BCUT2D eigenvalue weighted by Gasteiger charge is 2.32. The Morgan fingerprint density at radius 3 is 2.61 bits per heavy atom. The van der Waals surface area contributed by atoms with Gasteiger partial charge in [-0.05, 0) is 32.6 Å². The third-order valence-corrected chi connectivity index (χ3v) is 3.93. The van der Waals surface area contributed by atoms with Gasteiger partial charge in [0.15, 0.2) is 0 Å². The molecule has 1 aliphatic rings. The molecule has 2 atom stereocenters. The summed E-state index contributed by atoms with van der Waals surface area (Å²) in [5.41, 5.74) is 0. The van der Waals surface area contributed by atoms with Crippen LogP contribution in [0.15, 0.2) is 0 Å². The van der Waals surface area contributed by atoms with Gasteiger partial charge in [-0.3, -0.25) is 9.59 Å². The number of Topliss-reactive ketones (excluding diaryl/α,β-unsaturated/α-hetero) is 1. The van der Waals surface area contributed by atoms with Crippen molar-refractivity contribution >= 4 is 11.7 Å². The quantitative estimate of drug-likeness (QED) is 0.699. The van der Waals surface area contributed by atoms with Crippen molar-refractivity contribution in [2.75, 3.05) is 6.54 Å². The molecular formula is C15H27NO2. The Hall–Kier alpha value is -0.860. The molecule has 1 aliphatic heterocycles. The fourth-order valence-electron chi connectivity index (χ4n) is 2.86. The average Bonchev–Trinajstić information content (AvgIpc) is 2.77. The van der Waals surface area contributed by atoms with Gasteiger partial charge in [-0.25, -0.2) is 0 Å². The summed E-state index contributed by atoms with van der Waals surface area (Å²) < 4.78 is 0. The molecular weight excluding hydrogens is 226 g/mol. The van der Waals surface area contributed by atoms with Gasteiger partial charge >= 0.3 is 0 Å². The van der Waals surface area contributed by atoms with Gasteiger partial charge in [-0.2, -0.15) is 0 Å². The molecule has 1 saturated heterocycles. The summed E-state index contributed by atoms with van der Waals surface area (Å²) in [4.78, 5) is 25.7. The van der Waals surface area contributed by atoms with Crippen molar-refractivity contribution in [2.45, 2.75) is 71.8 Å². The van der Waals surface area contributed by atoms with Crippen LogP contribution in [-0.4, -0.2) is 29.2 Å². The molecule has 1 amide bonds. The van der Waals surface area contributed by atoms with E-state index in [4.69, 9.17) is 0 Å². The highest BCUT2D eigenvalue weighted by molar-refractivity contribution is 5.81. The van der Waals surface area contributed by atoms with E-state index in [9.17, 15) is 9.59 Å². The zero-order chi connectivity index (χ0) is 13.5. The first-order valence-corrected chi connectivity index (χ1v) is 7.40. The molecule has 3 heteroatoms. The molecule has 1 heterocycles. The van der Waals surface area contributed by atoms with Gasteiger partial charge in [0.25, 0.3) is 0 Å². The van der Waals surface area contributed by atoms with Crippen molar-refractivity contribution < 1.29 is 9.59 Å². The van der Waals surface area contributed by atoms with Crippen LogP contribution >= 0.6 is 0 Å². The maximum absolute atomic E-state index is 12.5. The molecule has 104 valence electrons. The standard InChI is InChI=1S/C15H27NO2/c1-4-6-8-13(5-2)15(18)16-10-7-9-14(16)11-12(3)17/h13-14H,4-11H2,1-3H3. The molecule has 18 heavy (non-hydrogen) atoms. The van der Waals surface area contributed by atoms with Crippen LogP contribution in [0.2, 0.25) is 0 Å². The van der Waals surface area contributed by atoms with Crippen molar-refractivity contribution in [3.05, 3.63) is 0 Å². The summed E-state index contributed by atoms with van der Waals surface area (Å²) >= 11 is 0. The molecule has 0 radical (unpaired) electrons. The minimum atomic E-state index is 0.164. The minimum Gasteiger partial charge on any atom is -0.339 e. The van der Waals surface area contributed by atoms with E-state index in [0.29, 0.717) is 6.42 Å². The number of unbranched alkanes of at least 4 members (excludes halogenated alkanes) is 1. The molecule has 3 nitrogen and oxygen atoms in total. The predicted molar refractivity (Wildman–Crippen MR) is 73.3 cm³/mol. The number of carbonyl (C=O) groups is 2. The Bertz CT molecular complexity index is 288. The lowest BCUT2D eigenvalue weighted by Crippen LogP contribution is -2.40. The normalized spacial score (nSPS) is 21.1. The smallest absolute Gasteiger partial charge is 0.225 e. The molecule has 0 aromatic heterocycles. The molecule has 0 bridgehead atoms. The van der Waals surface area contributed by atoms with E-state index in [0.717, 1.165) is 45.1 Å². The van der Waals surface area contributed by atoms with E-state index in [2.05, 4.69) is 13.8 Å². The summed E-state index contributed by atoms with van der Waals surface area (Å²) in [6, 6.07) is 0.172. The van der Waals surface area contributed by atoms with Gasteiger partial charge in [0.05, 0.1) is 0 Å². The number of carbonyl (C=O) groups excluding carboxylic acids is 2. The van der Waals surface area contributed by atoms with Crippen LogP contribution in [0.25, 0.3) is 0 Å². The summed E-state index contributed by atoms with van der Waals surface area (Å²) in [5.74, 6) is 0.647. The summed E-state index contributed by atoms with van der Waals surface area (Å²) in [5, 5.41) is 0. The van der Waals surface area contributed by atoms with E-state index in [1.165, 1.54) is 0 Å². The third kappa shape index (κ3) is 4.11. The number of amides is 1. The van der Waals surface area contributed by atoms with Gasteiger partial charge in [0.2, 0.25) is 5.91 Å². The van der Waals surface area contributed by atoms with Gasteiger partial charge in [-0.15, -0.1) is 0 Å². The number of rotatable bonds is 7. The topological polar surface area (TPSA) is 37.4 Å². The zero-order valence-electron chi connectivity index (χ0n) is 12.1. The maximum Gasteiger partial charge on any atom is 0.225 e. The first-order valence-electron chi connectivity index (χ1n) is 7.40. The van der Waals surface area contributed by atoms with Crippen molar-refractivity contribution in [3.63, 3.8) is 0 Å². The first kappa shape index (κ1) is 15.2. The molecule has 0 aromatic rings. The Balaban J connectivity index is 2.59. The van der Waals surface area contributed by atoms with E-state index in [1.807, 2.05) is 4.90 Å². The van der Waals surface area contributed by atoms with Crippen molar-refractivity contribution in [1.82, 2.24) is 4.90 Å². The van der Waals surface area contributed by atoms with Gasteiger partial charge < -0.3 is 4.90 Å². The van der Waals surface area contributed by atoms with Crippen LogP contribution in [0.1, 0.15) is 65.7 Å². The lowest BCUT2D eigenvalue weighted by atomic mass is 9.97. The Morgan fingerprint density at radius 1 is 1.33 bits per heavy atom. The molecule has 0 aromatic carbocycles. The third-order valence-electron chi connectivity index (χ3n) is 3.93. The van der Waals surface area contributed by atoms with Gasteiger partial charge in [0.1, 0.15) is 5.78 Å². The summed E-state index contributed by atoms with van der Waals surface area (Å²) in [6.45, 7) is 6.72. The summed E-state index contributed by atoms with van der Waals surface area (Å²) in [7, 11) is 0. The molecule has 0 N–H and O–H groups in total. The van der Waals surface area contributed by atoms with Crippen LogP contribution in [0, 0.1) is 5.92 Å². The zero-order valence-corrected chi connectivity index (χ0v) is 12.1. The van der Waals surface area contributed by atoms with Crippen molar-refractivity contribution in [1.29, 1.82) is 0 Å². The lowest BCUT2D eigenvalue weighted by Gasteiger charge is -2.28. The van der Waals surface area contributed by atoms with Crippen LogP contribution < -0.4 is 0 Å². The van der Waals surface area contributed by atoms with Crippen LogP contribution in [-0.2, 0) is 9.59 Å². The van der Waals surface area contributed by atoms with Gasteiger partial charge in [-0.1, -0.05) is 26.7 Å². The number of nitrogens with zero attached hydrogens (tertiary/aromatic N) is 1. The molecule has 1 fully saturated rings. The second-order valence-electron chi connectivity index (χ2n) is 5.48. The fraction of sp³-hybridized carbons (Fsp3) is 0.867. The molecule has 0 spiro atoms. The Kier molecular flexibility index (Phi) is 6.37. The maximum atomic E-state index is 12.5. The molecule has 2 unspecified atom stereocenters. The number of hydrogen-bond donors (Lipinski definition) is 0. The highest BCUT2D eigenvalue weighted by atomic mass is 16.2. The molecule has 0 saturated carbocycles. The predicted octanol–water partition coefficient (Wildman–Crippen LogP) is 3.17. The Labute approximate surface area is 111 Å². The minimum absolute atomic E-state index is 0.164. The average molecular weight is 253 g/mol. The van der Waals surface area contributed by atoms with Gasteiger partial charge in [0, 0.05) is 24.9 Å². The van der Waals surface area contributed by atoms with E-state index >= 15 is 0 Å². The van der Waals surface area contributed by atoms with Crippen molar-refractivity contribution in [2.24, 2.45) is 5.92 Å². The number of ketones is 1. The fourth-order valence-corrected chi connectivity index (χ4v) is 2.86. The highest BCUT2D eigenvalue weighted by Crippen LogP contribution is 2.25. The van der Waals surface area contributed by atoms with Crippen LogP contribution in [0.4, 0.5) is 0 Å².